The molecule has 1 spiro atoms. The van der Waals surface area contributed by atoms with Crippen LogP contribution in [0.4, 0.5) is 17.1 Å². The number of hydrogen-bond donors (Lipinski definition) is 0. The highest BCUT2D eigenvalue weighted by Crippen LogP contribution is 2.65. The van der Waals surface area contributed by atoms with E-state index < -0.39 is 5.41 Å². The van der Waals surface area contributed by atoms with Gasteiger partial charge < -0.3 is 14.4 Å². The maximum Gasteiger partial charge on any atom is 0.194 e. The average Bonchev–Trinajstić information content (AvgIpc) is 3.75. The van der Waals surface area contributed by atoms with Crippen molar-refractivity contribution in [3.05, 3.63) is 235 Å². The number of anilines is 3. The fourth-order valence-electron chi connectivity index (χ4n) is 9.72. The summed E-state index contributed by atoms with van der Waals surface area (Å²) in [5, 5.41) is 0. The van der Waals surface area contributed by atoms with Gasteiger partial charge in [0.05, 0.1) is 16.8 Å². The zero-order chi connectivity index (χ0) is 38.2. The van der Waals surface area contributed by atoms with Crippen LogP contribution < -0.4 is 14.4 Å². The molecule has 58 heavy (non-hydrogen) atoms. The molecule has 1 heterocycles. The van der Waals surface area contributed by atoms with Gasteiger partial charge in [0.1, 0.15) is 0 Å². The second kappa shape index (κ2) is 12.7. The van der Waals surface area contributed by atoms with Gasteiger partial charge in [-0.2, -0.15) is 0 Å². The summed E-state index contributed by atoms with van der Waals surface area (Å²) in [6, 6.07) is 75.7. The molecule has 0 bridgehead atoms. The van der Waals surface area contributed by atoms with Gasteiger partial charge in [-0.05, 0) is 110 Å². The van der Waals surface area contributed by atoms with Gasteiger partial charge in [0.25, 0.3) is 0 Å². The van der Waals surface area contributed by atoms with E-state index >= 15 is 0 Å². The molecule has 272 valence electrons. The molecule has 9 aromatic rings. The highest BCUT2D eigenvalue weighted by atomic mass is 16.6. The lowest BCUT2D eigenvalue weighted by molar-refractivity contribution is 0.360. The first-order chi connectivity index (χ1) is 28.8. The van der Waals surface area contributed by atoms with Crippen molar-refractivity contribution < 1.29 is 9.47 Å². The third-order valence-corrected chi connectivity index (χ3v) is 12.1. The van der Waals surface area contributed by atoms with Crippen molar-refractivity contribution in [2.24, 2.45) is 0 Å². The Morgan fingerprint density at radius 3 is 1.52 bits per heavy atom. The topological polar surface area (TPSA) is 21.7 Å². The van der Waals surface area contributed by atoms with Crippen LogP contribution in [-0.2, 0) is 5.41 Å². The molecule has 3 nitrogen and oxygen atoms in total. The lowest BCUT2D eigenvalue weighted by atomic mass is 9.70. The predicted octanol–water partition coefficient (Wildman–Crippen LogP) is 14.7. The van der Waals surface area contributed by atoms with Gasteiger partial charge in [-0.1, -0.05) is 164 Å². The van der Waals surface area contributed by atoms with Crippen molar-refractivity contribution in [3.63, 3.8) is 0 Å². The molecular formula is C55H35NO2. The van der Waals surface area contributed by atoms with E-state index in [-0.39, 0.29) is 0 Å². The van der Waals surface area contributed by atoms with Crippen molar-refractivity contribution in [3.8, 4) is 67.5 Å². The minimum atomic E-state index is -0.469. The molecule has 0 atom stereocenters. The number of para-hydroxylation sites is 2. The van der Waals surface area contributed by atoms with Gasteiger partial charge in [0.2, 0.25) is 0 Å². The average molecular weight is 742 g/mol. The van der Waals surface area contributed by atoms with Crippen LogP contribution in [0.3, 0.4) is 0 Å². The lowest BCUT2D eigenvalue weighted by Gasteiger charge is -2.33. The molecule has 12 rings (SSSR count). The van der Waals surface area contributed by atoms with Crippen molar-refractivity contribution in [2.75, 3.05) is 4.90 Å². The summed E-state index contributed by atoms with van der Waals surface area (Å²) in [5.74, 6) is 2.74. The van der Waals surface area contributed by atoms with Gasteiger partial charge in [-0.25, -0.2) is 0 Å². The molecule has 0 fully saturated rings. The molecule has 3 aliphatic rings. The first kappa shape index (κ1) is 32.6. The maximum atomic E-state index is 7.13. The molecule has 0 aromatic heterocycles. The van der Waals surface area contributed by atoms with Crippen LogP contribution in [0.2, 0.25) is 0 Å². The van der Waals surface area contributed by atoms with Gasteiger partial charge in [-0.15, -0.1) is 0 Å². The Bertz CT molecular complexity index is 3020. The minimum Gasteiger partial charge on any atom is -0.449 e. The normalized spacial score (nSPS) is 13.2. The summed E-state index contributed by atoms with van der Waals surface area (Å²) in [4.78, 5) is 2.30. The minimum absolute atomic E-state index is 0.469. The molecule has 0 saturated carbocycles. The fourth-order valence-corrected chi connectivity index (χ4v) is 9.72. The second-order valence-corrected chi connectivity index (χ2v) is 15.2. The Kier molecular flexibility index (Phi) is 7.14. The SMILES string of the molecule is c1ccc(-c2ccc(N(c3ccccc3)c3cccc4c3Oc3cc5c(cc3O4)C3(c4ccccc4-c4ccccc43)c3ccccc3-5)c(-c3ccccc3)c2)cc1. The summed E-state index contributed by atoms with van der Waals surface area (Å²) < 4.78 is 14.1. The molecule has 0 N–H and O–H groups in total. The molecule has 9 aromatic carbocycles. The van der Waals surface area contributed by atoms with E-state index in [0.717, 1.165) is 39.3 Å². The number of nitrogens with zero attached hydrogens (tertiary/aromatic N) is 1. The Labute approximate surface area is 337 Å². The summed E-state index contributed by atoms with van der Waals surface area (Å²) in [6.07, 6.45) is 0. The third kappa shape index (κ3) is 4.68. The predicted molar refractivity (Wildman–Crippen MR) is 235 cm³/mol. The second-order valence-electron chi connectivity index (χ2n) is 15.2. The number of rotatable bonds is 5. The van der Waals surface area contributed by atoms with Crippen LogP contribution >= 0.6 is 0 Å². The van der Waals surface area contributed by atoms with E-state index in [1.165, 1.54) is 44.5 Å². The Morgan fingerprint density at radius 2 is 0.862 bits per heavy atom. The van der Waals surface area contributed by atoms with E-state index in [2.05, 4.69) is 211 Å². The van der Waals surface area contributed by atoms with Crippen molar-refractivity contribution in [1.82, 2.24) is 0 Å². The summed E-state index contributed by atoms with van der Waals surface area (Å²) in [7, 11) is 0. The molecule has 0 unspecified atom stereocenters. The number of benzene rings is 9. The zero-order valence-corrected chi connectivity index (χ0v) is 31.5. The van der Waals surface area contributed by atoms with Gasteiger partial charge in [-0.3, -0.25) is 0 Å². The van der Waals surface area contributed by atoms with E-state index in [4.69, 9.17) is 9.47 Å². The van der Waals surface area contributed by atoms with Crippen molar-refractivity contribution in [1.29, 1.82) is 0 Å². The first-order valence-electron chi connectivity index (χ1n) is 19.8. The van der Waals surface area contributed by atoms with Crippen molar-refractivity contribution in [2.45, 2.75) is 5.41 Å². The first-order valence-corrected chi connectivity index (χ1v) is 19.8. The molecule has 0 amide bonds. The van der Waals surface area contributed by atoms with E-state index in [1.54, 1.807) is 0 Å². The van der Waals surface area contributed by atoms with Crippen LogP contribution in [0, 0.1) is 0 Å². The standard InChI is InChI=1S/C55H35NO2/c1-4-17-36(18-5-1)38-31-32-49(43(33-38)37-19-6-2-7-20-37)56(39-21-8-3-9-22-39)50-29-16-30-51-54(50)58-52-34-44-42-25-12-15-28-47(42)55(48(44)35-53(52)57-51)45-26-13-10-23-40(45)41-24-11-14-27-46(41)55/h1-35H. The summed E-state index contributed by atoms with van der Waals surface area (Å²) >= 11 is 0. The molecule has 0 saturated heterocycles. The van der Waals surface area contributed by atoms with Gasteiger partial charge >= 0.3 is 0 Å². The lowest BCUT2D eigenvalue weighted by Crippen LogP contribution is -2.25. The zero-order valence-electron chi connectivity index (χ0n) is 31.5. The van der Waals surface area contributed by atoms with Crippen LogP contribution in [0.1, 0.15) is 22.3 Å². The summed E-state index contributed by atoms with van der Waals surface area (Å²) in [6.45, 7) is 0. The Hall–Kier alpha value is -7.62. The van der Waals surface area contributed by atoms with E-state index in [9.17, 15) is 0 Å². The van der Waals surface area contributed by atoms with Crippen LogP contribution in [-0.4, -0.2) is 0 Å². The highest BCUT2D eigenvalue weighted by molar-refractivity contribution is 5.97. The Balaban J connectivity index is 1.04. The van der Waals surface area contributed by atoms with Crippen LogP contribution in [0.5, 0.6) is 23.0 Å². The molecule has 3 heteroatoms. The smallest absolute Gasteiger partial charge is 0.194 e. The molecule has 2 aliphatic carbocycles. The van der Waals surface area contributed by atoms with Crippen molar-refractivity contribution >= 4 is 17.1 Å². The van der Waals surface area contributed by atoms with Gasteiger partial charge in [0.15, 0.2) is 23.0 Å². The quantitative estimate of drug-likeness (QED) is 0.175. The number of ether oxygens (including phenoxy) is 2. The summed E-state index contributed by atoms with van der Waals surface area (Å²) in [5.41, 5.74) is 17.0. The Morgan fingerprint density at radius 1 is 0.310 bits per heavy atom. The van der Waals surface area contributed by atoms with Crippen LogP contribution in [0.25, 0.3) is 44.5 Å². The fraction of sp³-hybridized carbons (Fsp3) is 0.0182. The largest absolute Gasteiger partial charge is 0.449 e. The number of hydrogen-bond acceptors (Lipinski definition) is 3. The highest BCUT2D eigenvalue weighted by Gasteiger charge is 2.52. The van der Waals surface area contributed by atoms with E-state index in [0.29, 0.717) is 23.0 Å². The third-order valence-electron chi connectivity index (χ3n) is 12.1. The van der Waals surface area contributed by atoms with Gasteiger partial charge in [0, 0.05) is 11.3 Å². The molecule has 0 radical (unpaired) electrons. The van der Waals surface area contributed by atoms with E-state index in [1.807, 2.05) is 6.07 Å². The molecule has 1 aliphatic heterocycles. The molecular weight excluding hydrogens is 707 g/mol. The monoisotopic (exact) mass is 741 g/mol. The van der Waals surface area contributed by atoms with Crippen LogP contribution in [0.15, 0.2) is 212 Å². The number of fused-ring (bicyclic) bond motifs is 12. The maximum absolute atomic E-state index is 7.13.